The third kappa shape index (κ3) is 4.71. The number of hydrogen-bond acceptors (Lipinski definition) is 5. The van der Waals surface area contributed by atoms with Crippen molar-refractivity contribution in [3.05, 3.63) is 66.7 Å². The van der Waals surface area contributed by atoms with Crippen LogP contribution in [0, 0.1) is 0 Å². The molecule has 5 nitrogen and oxygen atoms in total. The monoisotopic (exact) mass is 381 g/mol. The van der Waals surface area contributed by atoms with E-state index in [0.717, 1.165) is 33.8 Å². The topological polar surface area (TPSA) is 49.2 Å². The van der Waals surface area contributed by atoms with Gasteiger partial charge in [0.05, 0.1) is 13.7 Å². The lowest BCUT2D eigenvalue weighted by atomic mass is 10.2. The molecule has 1 heterocycles. The number of benzene rings is 2. The summed E-state index contributed by atoms with van der Waals surface area (Å²) >= 11 is 1.65. The fourth-order valence-corrected chi connectivity index (χ4v) is 3.57. The second-order valence-electron chi connectivity index (χ2n) is 5.80. The maximum atomic E-state index is 5.51. The smallest absolute Gasteiger partial charge is 0.192 e. The predicted molar refractivity (Wildman–Crippen MR) is 109 cm³/mol. The Labute approximate surface area is 164 Å². The van der Waals surface area contributed by atoms with Crippen LogP contribution in [0.5, 0.6) is 11.5 Å². The van der Waals surface area contributed by atoms with Gasteiger partial charge in [-0.15, -0.1) is 16.8 Å². The van der Waals surface area contributed by atoms with E-state index in [9.17, 15) is 0 Å². The summed E-state index contributed by atoms with van der Waals surface area (Å²) in [5, 5.41) is 9.66. The van der Waals surface area contributed by atoms with Crippen molar-refractivity contribution in [3.8, 4) is 22.9 Å². The maximum Gasteiger partial charge on any atom is 0.192 e. The Kier molecular flexibility index (Phi) is 6.54. The van der Waals surface area contributed by atoms with Crippen molar-refractivity contribution >= 4 is 11.8 Å². The summed E-state index contributed by atoms with van der Waals surface area (Å²) in [6.45, 7) is 7.14. The van der Waals surface area contributed by atoms with E-state index in [1.54, 1.807) is 18.9 Å². The molecule has 3 aromatic rings. The molecule has 0 aliphatic heterocycles. The van der Waals surface area contributed by atoms with Gasteiger partial charge in [0.2, 0.25) is 0 Å². The molecule has 0 spiro atoms. The number of nitrogens with zero attached hydrogens (tertiary/aromatic N) is 3. The summed E-state index contributed by atoms with van der Waals surface area (Å²) in [6.07, 6.45) is 1.86. The Morgan fingerprint density at radius 2 is 1.93 bits per heavy atom. The SMILES string of the molecule is C=CCn1c(SCc2cccc(OC)c2)nnc1-c1ccc(OCC)cc1. The quantitative estimate of drug-likeness (QED) is 0.392. The zero-order chi connectivity index (χ0) is 19.1. The number of allylic oxidation sites excluding steroid dienone is 1. The van der Waals surface area contributed by atoms with E-state index < -0.39 is 0 Å². The van der Waals surface area contributed by atoms with Crippen LogP contribution in [-0.4, -0.2) is 28.5 Å². The molecule has 0 amide bonds. The van der Waals surface area contributed by atoms with Crippen molar-refractivity contribution in [3.63, 3.8) is 0 Å². The second-order valence-corrected chi connectivity index (χ2v) is 6.75. The van der Waals surface area contributed by atoms with Gasteiger partial charge in [0.1, 0.15) is 11.5 Å². The largest absolute Gasteiger partial charge is 0.497 e. The van der Waals surface area contributed by atoms with E-state index in [1.165, 1.54) is 5.56 Å². The molecule has 140 valence electrons. The van der Waals surface area contributed by atoms with Crippen molar-refractivity contribution in [1.82, 2.24) is 14.8 Å². The van der Waals surface area contributed by atoms with E-state index in [-0.39, 0.29) is 0 Å². The third-order valence-corrected chi connectivity index (χ3v) is 4.99. The molecule has 0 saturated carbocycles. The molecule has 0 N–H and O–H groups in total. The number of aromatic nitrogens is 3. The van der Waals surface area contributed by atoms with E-state index in [1.807, 2.05) is 55.5 Å². The molecular weight excluding hydrogens is 358 g/mol. The highest BCUT2D eigenvalue weighted by Gasteiger charge is 2.14. The van der Waals surface area contributed by atoms with Gasteiger partial charge >= 0.3 is 0 Å². The van der Waals surface area contributed by atoms with E-state index in [4.69, 9.17) is 9.47 Å². The molecule has 0 unspecified atom stereocenters. The minimum atomic E-state index is 0.649. The summed E-state index contributed by atoms with van der Waals surface area (Å²) in [5.74, 6) is 3.32. The van der Waals surface area contributed by atoms with Gasteiger partial charge in [-0.1, -0.05) is 30.0 Å². The zero-order valence-electron chi connectivity index (χ0n) is 15.6. The van der Waals surface area contributed by atoms with Crippen LogP contribution in [0.25, 0.3) is 11.4 Å². The Bertz CT molecular complexity index is 891. The van der Waals surface area contributed by atoms with Crippen molar-refractivity contribution in [2.75, 3.05) is 13.7 Å². The van der Waals surface area contributed by atoms with Gasteiger partial charge in [-0.3, -0.25) is 4.57 Å². The maximum absolute atomic E-state index is 5.51. The first kappa shape index (κ1) is 19.0. The minimum absolute atomic E-state index is 0.649. The molecule has 27 heavy (non-hydrogen) atoms. The highest BCUT2D eigenvalue weighted by molar-refractivity contribution is 7.98. The lowest BCUT2D eigenvalue weighted by Gasteiger charge is -2.09. The van der Waals surface area contributed by atoms with Crippen molar-refractivity contribution < 1.29 is 9.47 Å². The van der Waals surface area contributed by atoms with Gasteiger partial charge < -0.3 is 9.47 Å². The minimum Gasteiger partial charge on any atom is -0.497 e. The Morgan fingerprint density at radius 1 is 1.11 bits per heavy atom. The Hall–Kier alpha value is -2.73. The van der Waals surface area contributed by atoms with Crippen LogP contribution < -0.4 is 9.47 Å². The lowest BCUT2D eigenvalue weighted by molar-refractivity contribution is 0.340. The van der Waals surface area contributed by atoms with Gasteiger partial charge in [-0.25, -0.2) is 0 Å². The third-order valence-electron chi connectivity index (χ3n) is 3.95. The lowest BCUT2D eigenvalue weighted by Crippen LogP contribution is -2.01. The standard InChI is InChI=1S/C21H23N3O2S/c1-4-13-24-20(17-9-11-18(12-10-17)26-5-2)22-23-21(24)27-15-16-7-6-8-19(14-16)25-3/h4,6-12,14H,1,5,13,15H2,2-3H3. The van der Waals surface area contributed by atoms with Gasteiger partial charge in [0.25, 0.3) is 0 Å². The molecule has 0 atom stereocenters. The van der Waals surface area contributed by atoms with Crippen LogP contribution in [0.3, 0.4) is 0 Å². The molecule has 3 rings (SSSR count). The predicted octanol–water partition coefficient (Wildman–Crippen LogP) is 4.83. The summed E-state index contributed by atoms with van der Waals surface area (Å²) in [7, 11) is 1.68. The molecule has 0 aliphatic carbocycles. The highest BCUT2D eigenvalue weighted by atomic mass is 32.2. The zero-order valence-corrected chi connectivity index (χ0v) is 16.4. The van der Waals surface area contributed by atoms with E-state index in [2.05, 4.69) is 27.4 Å². The fraction of sp³-hybridized carbons (Fsp3) is 0.238. The second kappa shape index (κ2) is 9.28. The molecule has 0 radical (unpaired) electrons. The van der Waals surface area contributed by atoms with Gasteiger partial charge in [0, 0.05) is 17.9 Å². The number of thioether (sulfide) groups is 1. The van der Waals surface area contributed by atoms with Crippen LogP contribution in [-0.2, 0) is 12.3 Å². The first-order chi connectivity index (χ1) is 13.2. The number of rotatable bonds is 9. The normalized spacial score (nSPS) is 10.6. The van der Waals surface area contributed by atoms with Gasteiger partial charge in [0.15, 0.2) is 11.0 Å². The molecule has 0 bridgehead atoms. The van der Waals surface area contributed by atoms with Crippen LogP contribution in [0.15, 0.2) is 66.3 Å². The highest BCUT2D eigenvalue weighted by Crippen LogP contribution is 2.28. The summed E-state index contributed by atoms with van der Waals surface area (Å²) in [5.41, 5.74) is 2.18. The van der Waals surface area contributed by atoms with Crippen LogP contribution in [0.2, 0.25) is 0 Å². The number of methoxy groups -OCH3 is 1. The molecule has 2 aromatic carbocycles. The molecule has 0 aliphatic rings. The number of ether oxygens (including phenoxy) is 2. The van der Waals surface area contributed by atoms with E-state index >= 15 is 0 Å². The van der Waals surface area contributed by atoms with Crippen molar-refractivity contribution in [2.45, 2.75) is 24.4 Å². The first-order valence-corrected chi connectivity index (χ1v) is 9.76. The molecule has 1 aromatic heterocycles. The van der Waals surface area contributed by atoms with Crippen LogP contribution >= 0.6 is 11.8 Å². The number of hydrogen-bond donors (Lipinski definition) is 0. The molecule has 0 fully saturated rings. The fourth-order valence-electron chi connectivity index (χ4n) is 2.68. The summed E-state index contributed by atoms with van der Waals surface area (Å²) in [6, 6.07) is 16.0. The first-order valence-electron chi connectivity index (χ1n) is 8.78. The average molecular weight is 382 g/mol. The molecule has 0 saturated heterocycles. The van der Waals surface area contributed by atoms with Gasteiger partial charge in [-0.05, 0) is 48.9 Å². The van der Waals surface area contributed by atoms with Crippen LogP contribution in [0.4, 0.5) is 0 Å². The van der Waals surface area contributed by atoms with Crippen molar-refractivity contribution in [2.24, 2.45) is 0 Å². The average Bonchev–Trinajstić information content (AvgIpc) is 3.10. The molecular formula is C21H23N3O2S. The van der Waals surface area contributed by atoms with E-state index in [0.29, 0.717) is 13.2 Å². The molecule has 6 heteroatoms. The summed E-state index contributed by atoms with van der Waals surface area (Å²) < 4.78 is 12.9. The van der Waals surface area contributed by atoms with Crippen molar-refractivity contribution in [1.29, 1.82) is 0 Å². The van der Waals surface area contributed by atoms with Crippen LogP contribution in [0.1, 0.15) is 12.5 Å². The van der Waals surface area contributed by atoms with Gasteiger partial charge in [-0.2, -0.15) is 0 Å². The Balaban J connectivity index is 1.80. The Morgan fingerprint density at radius 3 is 2.63 bits per heavy atom. The summed E-state index contributed by atoms with van der Waals surface area (Å²) in [4.78, 5) is 0.